The molecular weight excluding hydrogens is 252 g/mol. The molecule has 0 spiro atoms. The lowest BCUT2D eigenvalue weighted by Crippen LogP contribution is -2.14. The molecule has 3 heteroatoms. The van der Waals surface area contributed by atoms with Crippen molar-refractivity contribution in [3.8, 4) is 0 Å². The molecule has 19 heavy (non-hydrogen) atoms. The zero-order valence-electron chi connectivity index (χ0n) is 12.2. The van der Waals surface area contributed by atoms with Gasteiger partial charge in [-0.25, -0.2) is 0 Å². The van der Waals surface area contributed by atoms with Crippen molar-refractivity contribution in [3.05, 3.63) is 29.3 Å². The van der Waals surface area contributed by atoms with Crippen LogP contribution in [-0.4, -0.2) is 11.5 Å². The summed E-state index contributed by atoms with van der Waals surface area (Å²) in [5.74, 6) is 0. The smallest absolute Gasteiger partial charge is 0.106 e. The second-order valence-electron chi connectivity index (χ2n) is 5.06. The van der Waals surface area contributed by atoms with Crippen LogP contribution in [0, 0.1) is 6.92 Å². The Bertz CT molecular complexity index is 402. The van der Waals surface area contributed by atoms with Gasteiger partial charge >= 0.3 is 0 Å². The minimum absolute atomic E-state index is 0.467. The summed E-state index contributed by atoms with van der Waals surface area (Å²) in [4.78, 5) is 0.467. The highest BCUT2D eigenvalue weighted by atomic mass is 32.1. The van der Waals surface area contributed by atoms with Gasteiger partial charge in [0.25, 0.3) is 0 Å². The highest BCUT2D eigenvalue weighted by molar-refractivity contribution is 7.80. The molecule has 0 aliphatic rings. The Morgan fingerprint density at radius 2 is 1.84 bits per heavy atom. The standard InChI is InChI=1S/C16H26N2S/c1-3-4-5-6-7-8-12-18-15-13(2)10-9-11-14(15)16(17)19/h9-11,18H,3-8,12H2,1-2H3,(H2,17,19). The Balaban J connectivity index is 2.38. The van der Waals surface area contributed by atoms with E-state index in [0.29, 0.717) is 4.99 Å². The number of aryl methyl sites for hydroxylation is 1. The molecule has 2 nitrogen and oxygen atoms in total. The van der Waals surface area contributed by atoms with Crippen LogP contribution in [-0.2, 0) is 0 Å². The molecule has 0 aliphatic carbocycles. The molecule has 106 valence electrons. The second-order valence-corrected chi connectivity index (χ2v) is 5.50. The molecule has 0 amide bonds. The van der Waals surface area contributed by atoms with E-state index in [1.165, 1.54) is 44.1 Å². The van der Waals surface area contributed by atoms with Crippen LogP contribution in [0.3, 0.4) is 0 Å². The van der Waals surface area contributed by atoms with E-state index in [0.717, 1.165) is 17.8 Å². The van der Waals surface area contributed by atoms with Crippen molar-refractivity contribution in [2.24, 2.45) is 5.73 Å². The summed E-state index contributed by atoms with van der Waals surface area (Å²) in [5.41, 5.74) is 9.02. The third kappa shape index (κ3) is 5.60. The van der Waals surface area contributed by atoms with Crippen LogP contribution < -0.4 is 11.1 Å². The zero-order valence-corrected chi connectivity index (χ0v) is 13.0. The van der Waals surface area contributed by atoms with Gasteiger partial charge in [-0.3, -0.25) is 0 Å². The molecule has 0 atom stereocenters. The van der Waals surface area contributed by atoms with Crippen LogP contribution >= 0.6 is 12.2 Å². The van der Waals surface area contributed by atoms with Crippen molar-refractivity contribution in [1.29, 1.82) is 0 Å². The van der Waals surface area contributed by atoms with Gasteiger partial charge in [0.15, 0.2) is 0 Å². The van der Waals surface area contributed by atoms with Gasteiger partial charge in [0.05, 0.1) is 0 Å². The Morgan fingerprint density at radius 3 is 2.53 bits per heavy atom. The van der Waals surface area contributed by atoms with E-state index < -0.39 is 0 Å². The fourth-order valence-electron chi connectivity index (χ4n) is 2.23. The molecular formula is C16H26N2S. The third-order valence-electron chi connectivity index (χ3n) is 3.37. The van der Waals surface area contributed by atoms with E-state index in [-0.39, 0.29) is 0 Å². The average Bonchev–Trinajstić information content (AvgIpc) is 2.39. The molecule has 0 radical (unpaired) electrons. The normalized spacial score (nSPS) is 10.4. The van der Waals surface area contributed by atoms with Crippen molar-refractivity contribution in [1.82, 2.24) is 0 Å². The van der Waals surface area contributed by atoms with Gasteiger partial charge in [0, 0.05) is 17.8 Å². The highest BCUT2D eigenvalue weighted by Crippen LogP contribution is 2.20. The van der Waals surface area contributed by atoms with Gasteiger partial charge in [-0.1, -0.05) is 63.4 Å². The first-order valence-corrected chi connectivity index (χ1v) is 7.71. The second kappa shape index (κ2) is 8.92. The average molecular weight is 278 g/mol. The number of nitrogens with two attached hydrogens (primary N) is 1. The maximum atomic E-state index is 5.76. The molecule has 0 bridgehead atoms. The van der Waals surface area contributed by atoms with Crippen LogP contribution in [0.25, 0.3) is 0 Å². The summed E-state index contributed by atoms with van der Waals surface area (Å²) < 4.78 is 0. The Hall–Kier alpha value is -1.09. The highest BCUT2D eigenvalue weighted by Gasteiger charge is 2.06. The number of hydrogen-bond acceptors (Lipinski definition) is 2. The van der Waals surface area contributed by atoms with E-state index in [2.05, 4.69) is 25.2 Å². The molecule has 0 heterocycles. The number of unbranched alkanes of at least 4 members (excludes halogenated alkanes) is 5. The molecule has 0 fully saturated rings. The summed E-state index contributed by atoms with van der Waals surface area (Å²) in [7, 11) is 0. The summed E-state index contributed by atoms with van der Waals surface area (Å²) in [6.07, 6.45) is 7.86. The number of para-hydroxylation sites is 1. The lowest BCUT2D eigenvalue weighted by Gasteiger charge is -2.14. The van der Waals surface area contributed by atoms with Crippen LogP contribution in [0.4, 0.5) is 5.69 Å². The van der Waals surface area contributed by atoms with Crippen LogP contribution in [0.2, 0.25) is 0 Å². The predicted molar refractivity (Wildman–Crippen MR) is 88.9 cm³/mol. The monoisotopic (exact) mass is 278 g/mol. The van der Waals surface area contributed by atoms with Crippen molar-refractivity contribution in [2.75, 3.05) is 11.9 Å². The number of thiocarbonyl (C=S) groups is 1. The predicted octanol–water partition coefficient (Wildman–Crippen LogP) is 4.40. The molecule has 3 N–H and O–H groups in total. The molecule has 0 saturated carbocycles. The maximum Gasteiger partial charge on any atom is 0.106 e. The van der Waals surface area contributed by atoms with E-state index in [4.69, 9.17) is 18.0 Å². The minimum atomic E-state index is 0.467. The van der Waals surface area contributed by atoms with E-state index in [1.807, 2.05) is 12.1 Å². The maximum absolute atomic E-state index is 5.76. The van der Waals surface area contributed by atoms with Crippen LogP contribution in [0.5, 0.6) is 0 Å². The first kappa shape index (κ1) is 16.0. The van der Waals surface area contributed by atoms with Crippen molar-refractivity contribution in [3.63, 3.8) is 0 Å². The van der Waals surface area contributed by atoms with E-state index >= 15 is 0 Å². The Labute approximate surface area is 122 Å². The first-order valence-electron chi connectivity index (χ1n) is 7.30. The van der Waals surface area contributed by atoms with Gasteiger partial charge in [-0.2, -0.15) is 0 Å². The van der Waals surface area contributed by atoms with Crippen LogP contribution in [0.15, 0.2) is 18.2 Å². The van der Waals surface area contributed by atoms with E-state index in [1.54, 1.807) is 0 Å². The molecule has 0 unspecified atom stereocenters. The third-order valence-corrected chi connectivity index (χ3v) is 3.59. The van der Waals surface area contributed by atoms with Gasteiger partial charge in [0.1, 0.15) is 4.99 Å². The number of hydrogen-bond donors (Lipinski definition) is 2. The fraction of sp³-hybridized carbons (Fsp3) is 0.562. The molecule has 0 saturated heterocycles. The zero-order chi connectivity index (χ0) is 14.1. The lowest BCUT2D eigenvalue weighted by atomic mass is 10.1. The summed E-state index contributed by atoms with van der Waals surface area (Å²) in [6.45, 7) is 5.33. The van der Waals surface area contributed by atoms with Crippen molar-refractivity contribution in [2.45, 2.75) is 52.4 Å². The van der Waals surface area contributed by atoms with Gasteiger partial charge in [-0.15, -0.1) is 0 Å². The van der Waals surface area contributed by atoms with Crippen molar-refractivity contribution >= 4 is 22.9 Å². The number of nitrogens with one attached hydrogen (secondary N) is 1. The SMILES string of the molecule is CCCCCCCCNc1c(C)cccc1C(N)=S. The van der Waals surface area contributed by atoms with E-state index in [9.17, 15) is 0 Å². The minimum Gasteiger partial charge on any atom is -0.389 e. The summed E-state index contributed by atoms with van der Waals surface area (Å²) >= 11 is 5.10. The summed E-state index contributed by atoms with van der Waals surface area (Å²) in [6, 6.07) is 6.07. The van der Waals surface area contributed by atoms with Gasteiger partial charge in [0.2, 0.25) is 0 Å². The largest absolute Gasteiger partial charge is 0.389 e. The van der Waals surface area contributed by atoms with Crippen LogP contribution in [0.1, 0.15) is 56.6 Å². The number of anilines is 1. The Kier molecular flexibility index (Phi) is 7.49. The topological polar surface area (TPSA) is 38.0 Å². The number of rotatable bonds is 9. The summed E-state index contributed by atoms with van der Waals surface area (Å²) in [5, 5.41) is 3.49. The fourth-order valence-corrected chi connectivity index (χ4v) is 2.40. The molecule has 1 rings (SSSR count). The molecule has 1 aromatic carbocycles. The van der Waals surface area contributed by atoms with Gasteiger partial charge < -0.3 is 11.1 Å². The molecule has 1 aromatic rings. The van der Waals surface area contributed by atoms with Crippen molar-refractivity contribution < 1.29 is 0 Å². The Morgan fingerprint density at radius 1 is 1.16 bits per heavy atom. The molecule has 0 aliphatic heterocycles. The first-order chi connectivity index (χ1) is 9.16. The number of benzene rings is 1. The lowest BCUT2D eigenvalue weighted by molar-refractivity contribution is 0.617. The molecule has 0 aromatic heterocycles. The quantitative estimate of drug-likeness (QED) is 0.519. The van der Waals surface area contributed by atoms with Gasteiger partial charge in [-0.05, 0) is 25.0 Å².